The summed E-state index contributed by atoms with van der Waals surface area (Å²) in [5.74, 6) is 0.217. The van der Waals surface area contributed by atoms with Crippen LogP contribution in [0.3, 0.4) is 0 Å². The highest BCUT2D eigenvalue weighted by Crippen LogP contribution is 2.34. The molecule has 0 radical (unpaired) electrons. The molecule has 0 bridgehead atoms. The number of rotatable bonds is 9. The van der Waals surface area contributed by atoms with E-state index in [0.29, 0.717) is 0 Å². The van der Waals surface area contributed by atoms with Crippen molar-refractivity contribution >= 4 is 5.91 Å². The van der Waals surface area contributed by atoms with Gasteiger partial charge in [0.2, 0.25) is 0 Å². The molecule has 3 heteroatoms. The first-order chi connectivity index (χ1) is 15.4. The fourth-order valence-corrected chi connectivity index (χ4v) is 4.54. The first-order valence-electron chi connectivity index (χ1n) is 11.6. The van der Waals surface area contributed by atoms with Crippen LogP contribution in [-0.4, -0.2) is 22.9 Å². The van der Waals surface area contributed by atoms with Gasteiger partial charge >= 0.3 is 0 Å². The molecule has 0 heterocycles. The van der Waals surface area contributed by atoms with Crippen molar-refractivity contribution < 1.29 is 4.79 Å². The quantitative estimate of drug-likeness (QED) is 0.417. The smallest absolute Gasteiger partial charge is 0.254 e. The fourth-order valence-electron chi connectivity index (χ4n) is 4.54. The number of hydrogen-bond acceptors (Lipinski definition) is 2. The largest absolute Gasteiger partial charge is 0.334 e. The van der Waals surface area contributed by atoms with Crippen molar-refractivity contribution in [2.24, 2.45) is 0 Å². The molecule has 0 saturated carbocycles. The highest BCUT2D eigenvalue weighted by Gasteiger charge is 2.28. The number of nitrogens with one attached hydrogen (secondary N) is 1. The van der Waals surface area contributed by atoms with Crippen molar-refractivity contribution in [2.45, 2.75) is 65.2 Å². The molecule has 1 amide bonds. The van der Waals surface area contributed by atoms with Crippen LogP contribution in [0.5, 0.6) is 0 Å². The molecule has 0 unspecified atom stereocenters. The topological polar surface area (TPSA) is 32.3 Å². The maximum Gasteiger partial charge on any atom is 0.254 e. The fraction of sp³-hybridized carbons (Fsp3) is 0.345. The molecule has 3 aromatic rings. The zero-order chi connectivity index (χ0) is 23.1. The summed E-state index contributed by atoms with van der Waals surface area (Å²) in [5, 5.41) is 3.77. The van der Waals surface area contributed by atoms with E-state index >= 15 is 0 Å². The standard InChI is InChI=1S/C29H36N2O/c1-21(2)31(22(3)4)29(32)27-19-13-12-18-26(27)23(5)28(25-16-10-7-11-17-25)30-20-24-14-8-6-9-15-24/h6-19,21-23,28,30H,20H2,1-5H3/t23-,28-/m1/s1. The minimum Gasteiger partial charge on any atom is -0.334 e. The molecule has 0 saturated heterocycles. The molecule has 168 valence electrons. The highest BCUT2D eigenvalue weighted by molar-refractivity contribution is 5.96. The lowest BCUT2D eigenvalue weighted by Gasteiger charge is -2.33. The molecule has 0 aliphatic carbocycles. The Hall–Kier alpha value is -2.91. The molecule has 32 heavy (non-hydrogen) atoms. The van der Waals surface area contributed by atoms with Crippen LogP contribution in [0, 0.1) is 0 Å². The van der Waals surface area contributed by atoms with Gasteiger partial charge in [-0.05, 0) is 50.5 Å². The van der Waals surface area contributed by atoms with Crippen LogP contribution in [0.25, 0.3) is 0 Å². The highest BCUT2D eigenvalue weighted by atomic mass is 16.2. The van der Waals surface area contributed by atoms with E-state index in [0.717, 1.165) is 17.7 Å². The van der Waals surface area contributed by atoms with Gasteiger partial charge in [0.15, 0.2) is 0 Å². The van der Waals surface area contributed by atoms with Crippen molar-refractivity contribution in [1.82, 2.24) is 10.2 Å². The van der Waals surface area contributed by atoms with Gasteiger partial charge in [-0.3, -0.25) is 4.79 Å². The number of nitrogens with zero attached hydrogens (tertiary/aromatic N) is 1. The van der Waals surface area contributed by atoms with Gasteiger partial charge in [-0.25, -0.2) is 0 Å². The average molecular weight is 429 g/mol. The zero-order valence-electron chi connectivity index (χ0n) is 20.0. The SMILES string of the molecule is CC(C)N(C(=O)c1ccccc1[C@@H](C)[C@@H](NCc1ccccc1)c1ccccc1)C(C)C. The van der Waals surface area contributed by atoms with Gasteiger partial charge in [-0.15, -0.1) is 0 Å². The van der Waals surface area contributed by atoms with Crippen molar-refractivity contribution in [1.29, 1.82) is 0 Å². The van der Waals surface area contributed by atoms with Crippen molar-refractivity contribution in [3.8, 4) is 0 Å². The van der Waals surface area contributed by atoms with Gasteiger partial charge in [0, 0.05) is 36.2 Å². The summed E-state index contributed by atoms with van der Waals surface area (Å²) < 4.78 is 0. The van der Waals surface area contributed by atoms with E-state index in [1.54, 1.807) is 0 Å². The Kier molecular flexibility index (Phi) is 8.24. The normalized spacial score (nSPS) is 13.2. The van der Waals surface area contributed by atoms with Crippen molar-refractivity contribution in [3.05, 3.63) is 107 Å². The second kappa shape index (κ2) is 11.1. The van der Waals surface area contributed by atoms with Gasteiger partial charge in [0.1, 0.15) is 0 Å². The van der Waals surface area contributed by atoms with E-state index < -0.39 is 0 Å². The van der Waals surface area contributed by atoms with Crippen LogP contribution < -0.4 is 5.32 Å². The Morgan fingerprint density at radius 1 is 0.750 bits per heavy atom. The Morgan fingerprint density at radius 2 is 1.28 bits per heavy atom. The van der Waals surface area contributed by atoms with Crippen LogP contribution in [0.1, 0.15) is 73.6 Å². The summed E-state index contributed by atoms with van der Waals surface area (Å²) in [6, 6.07) is 29.5. The molecule has 0 aliphatic rings. The lowest BCUT2D eigenvalue weighted by Crippen LogP contribution is -2.42. The first-order valence-corrected chi connectivity index (χ1v) is 11.6. The molecular weight excluding hydrogens is 392 g/mol. The molecule has 0 spiro atoms. The number of carbonyl (C=O) groups is 1. The Labute approximate surface area is 193 Å². The van der Waals surface area contributed by atoms with Crippen LogP contribution >= 0.6 is 0 Å². The van der Waals surface area contributed by atoms with E-state index in [4.69, 9.17) is 0 Å². The van der Waals surface area contributed by atoms with Crippen molar-refractivity contribution in [3.63, 3.8) is 0 Å². The van der Waals surface area contributed by atoms with Crippen molar-refractivity contribution in [2.75, 3.05) is 0 Å². The second-order valence-corrected chi connectivity index (χ2v) is 9.03. The zero-order valence-corrected chi connectivity index (χ0v) is 20.0. The van der Waals surface area contributed by atoms with E-state index in [-0.39, 0.29) is 30.0 Å². The van der Waals surface area contributed by atoms with Gasteiger partial charge in [0.05, 0.1) is 0 Å². The van der Waals surface area contributed by atoms with Crippen LogP contribution in [-0.2, 0) is 6.54 Å². The molecule has 0 aromatic heterocycles. The van der Waals surface area contributed by atoms with Gasteiger partial charge in [0.25, 0.3) is 5.91 Å². The summed E-state index contributed by atoms with van der Waals surface area (Å²) in [5.41, 5.74) is 4.35. The lowest BCUT2D eigenvalue weighted by molar-refractivity contribution is 0.0642. The van der Waals surface area contributed by atoms with E-state index in [1.807, 2.05) is 35.2 Å². The molecule has 0 fully saturated rings. The second-order valence-electron chi connectivity index (χ2n) is 9.03. The molecule has 1 N–H and O–H groups in total. The number of hydrogen-bond donors (Lipinski definition) is 1. The maximum absolute atomic E-state index is 13.6. The first kappa shape index (κ1) is 23.7. The van der Waals surface area contributed by atoms with E-state index in [9.17, 15) is 4.79 Å². The summed E-state index contributed by atoms with van der Waals surface area (Å²) in [6.07, 6.45) is 0. The molecule has 2 atom stereocenters. The van der Waals surface area contributed by atoms with Gasteiger partial charge in [-0.2, -0.15) is 0 Å². The average Bonchev–Trinajstić information content (AvgIpc) is 2.80. The van der Waals surface area contributed by atoms with E-state index in [2.05, 4.69) is 94.5 Å². The number of carbonyl (C=O) groups excluding carboxylic acids is 1. The predicted molar refractivity (Wildman–Crippen MR) is 134 cm³/mol. The number of benzene rings is 3. The molecule has 3 rings (SSSR count). The third-order valence-electron chi connectivity index (χ3n) is 6.06. The lowest BCUT2D eigenvalue weighted by atomic mass is 9.85. The van der Waals surface area contributed by atoms with Crippen LogP contribution in [0.2, 0.25) is 0 Å². The minimum atomic E-state index is 0.0805. The third-order valence-corrected chi connectivity index (χ3v) is 6.06. The van der Waals surface area contributed by atoms with Gasteiger partial charge < -0.3 is 10.2 Å². The molecule has 3 aromatic carbocycles. The monoisotopic (exact) mass is 428 g/mol. The molecule has 3 nitrogen and oxygen atoms in total. The number of amides is 1. The van der Waals surface area contributed by atoms with E-state index in [1.165, 1.54) is 11.1 Å². The minimum absolute atomic E-state index is 0.0805. The Balaban J connectivity index is 1.96. The Bertz CT molecular complexity index is 974. The Morgan fingerprint density at radius 3 is 1.88 bits per heavy atom. The summed E-state index contributed by atoms with van der Waals surface area (Å²) in [7, 11) is 0. The summed E-state index contributed by atoms with van der Waals surface area (Å²) in [4.78, 5) is 15.6. The third kappa shape index (κ3) is 5.66. The van der Waals surface area contributed by atoms with Crippen LogP contribution in [0.4, 0.5) is 0 Å². The predicted octanol–water partition coefficient (Wildman–Crippen LogP) is 6.58. The molecule has 0 aliphatic heterocycles. The van der Waals surface area contributed by atoms with Gasteiger partial charge in [-0.1, -0.05) is 85.8 Å². The summed E-state index contributed by atoms with van der Waals surface area (Å²) >= 11 is 0. The van der Waals surface area contributed by atoms with Crippen LogP contribution in [0.15, 0.2) is 84.9 Å². The summed E-state index contributed by atoms with van der Waals surface area (Å²) in [6.45, 7) is 11.3. The molecular formula is C29H36N2O. The maximum atomic E-state index is 13.6.